The normalized spacial score (nSPS) is 19.8. The molecule has 0 spiro atoms. The summed E-state index contributed by atoms with van der Waals surface area (Å²) < 4.78 is 24.0. The smallest absolute Gasteiger partial charge is 0.412 e. The highest BCUT2D eigenvalue weighted by Crippen LogP contribution is 2.27. The van der Waals surface area contributed by atoms with E-state index in [1.54, 1.807) is 19.6 Å². The Labute approximate surface area is 333 Å². The molecule has 3 aliphatic rings. The average Bonchev–Trinajstić information content (AvgIpc) is 3.26. The van der Waals surface area contributed by atoms with Crippen molar-refractivity contribution in [2.75, 3.05) is 65.6 Å². The number of carbonyl (C=O) groups is 4. The molecule has 306 valence electrons. The fourth-order valence-corrected chi connectivity index (χ4v) is 7.02. The van der Waals surface area contributed by atoms with Crippen molar-refractivity contribution in [1.29, 1.82) is 0 Å². The van der Waals surface area contributed by atoms with E-state index in [0.29, 0.717) is 71.9 Å². The van der Waals surface area contributed by atoms with Crippen molar-refractivity contribution in [3.8, 4) is 0 Å². The molecule has 0 saturated carbocycles. The molecule has 0 aromatic heterocycles. The van der Waals surface area contributed by atoms with E-state index in [-0.39, 0.29) is 50.9 Å². The number of benzene rings is 3. The standard InChI is InChI=1S/C41H54N8O8/c42-24-31-8-4-10-33(22-31)26-44-38(50)46-13-17-48(18-14-46)40(52)56-29-35-12-21-54-37(36(35)55-28-30-6-2-1-3-7-30)57-41(53)49-19-15-47(16-20-49)39(51)45-27-34-11-5-9-32(23-34)25-43/h1-11,22-23,35-37H,12-21,24-29,42-43H2,(H,44,50)(H,45,51)/t35-,36?,37+/m1/s1. The van der Waals surface area contributed by atoms with Crippen molar-refractivity contribution in [2.24, 2.45) is 17.4 Å². The third kappa shape index (κ3) is 11.8. The Hall–Kier alpha value is -5.42. The molecule has 16 nitrogen and oxygen atoms in total. The Balaban J connectivity index is 0.972. The Kier molecular flexibility index (Phi) is 14.9. The lowest BCUT2D eigenvalue weighted by Crippen LogP contribution is -2.55. The first-order valence-corrected chi connectivity index (χ1v) is 19.6. The van der Waals surface area contributed by atoms with Crippen molar-refractivity contribution in [1.82, 2.24) is 30.2 Å². The van der Waals surface area contributed by atoms with Gasteiger partial charge in [-0.2, -0.15) is 0 Å². The van der Waals surface area contributed by atoms with Crippen molar-refractivity contribution >= 4 is 24.2 Å². The van der Waals surface area contributed by atoms with Gasteiger partial charge in [-0.15, -0.1) is 0 Å². The van der Waals surface area contributed by atoms with E-state index in [2.05, 4.69) is 10.6 Å². The van der Waals surface area contributed by atoms with Crippen molar-refractivity contribution in [3.63, 3.8) is 0 Å². The van der Waals surface area contributed by atoms with Crippen LogP contribution in [0.25, 0.3) is 0 Å². The molecule has 0 bridgehead atoms. The number of ether oxygens (including phenoxy) is 4. The highest BCUT2D eigenvalue weighted by molar-refractivity contribution is 5.75. The van der Waals surface area contributed by atoms with E-state index >= 15 is 0 Å². The summed E-state index contributed by atoms with van der Waals surface area (Å²) in [6, 6.07) is 24.7. The Morgan fingerprint density at radius 1 is 0.632 bits per heavy atom. The minimum atomic E-state index is -1.04. The number of hydrogen-bond acceptors (Lipinski definition) is 10. The number of urea groups is 2. The monoisotopic (exact) mass is 786 g/mol. The maximum atomic E-state index is 13.4. The Morgan fingerprint density at radius 2 is 1.12 bits per heavy atom. The van der Waals surface area contributed by atoms with Crippen LogP contribution in [0.4, 0.5) is 19.2 Å². The molecule has 6 rings (SSSR count). The van der Waals surface area contributed by atoms with Crippen LogP contribution in [-0.2, 0) is 51.7 Å². The number of nitrogens with one attached hydrogen (secondary N) is 2. The predicted octanol–water partition coefficient (Wildman–Crippen LogP) is 3.18. The van der Waals surface area contributed by atoms with Crippen LogP contribution in [-0.4, -0.2) is 122 Å². The van der Waals surface area contributed by atoms with Crippen molar-refractivity contribution < 1.29 is 38.1 Å². The molecule has 3 aliphatic heterocycles. The summed E-state index contributed by atoms with van der Waals surface area (Å²) in [4.78, 5) is 58.9. The van der Waals surface area contributed by atoms with Crippen molar-refractivity contribution in [3.05, 3.63) is 107 Å². The number of amides is 6. The number of piperazine rings is 2. The molecule has 6 amide bonds. The second-order valence-corrected chi connectivity index (χ2v) is 14.3. The van der Waals surface area contributed by atoms with Gasteiger partial charge in [0.05, 0.1) is 19.8 Å². The lowest BCUT2D eigenvalue weighted by molar-refractivity contribution is -0.231. The van der Waals surface area contributed by atoms with Crippen LogP contribution in [0, 0.1) is 5.92 Å². The van der Waals surface area contributed by atoms with Gasteiger partial charge in [-0.25, -0.2) is 19.2 Å². The van der Waals surface area contributed by atoms with Gasteiger partial charge in [0.15, 0.2) is 0 Å². The van der Waals surface area contributed by atoms with Gasteiger partial charge in [-0.05, 0) is 34.2 Å². The van der Waals surface area contributed by atoms with E-state index in [9.17, 15) is 19.2 Å². The summed E-state index contributed by atoms with van der Waals surface area (Å²) in [6.07, 6.45) is -2.29. The van der Waals surface area contributed by atoms with Gasteiger partial charge in [0.2, 0.25) is 6.29 Å². The first kappa shape index (κ1) is 41.2. The third-order valence-electron chi connectivity index (χ3n) is 10.4. The van der Waals surface area contributed by atoms with Crippen LogP contribution in [0.2, 0.25) is 0 Å². The van der Waals surface area contributed by atoms with Crippen LogP contribution in [0.3, 0.4) is 0 Å². The van der Waals surface area contributed by atoms with Crippen LogP contribution >= 0.6 is 0 Å². The highest BCUT2D eigenvalue weighted by Gasteiger charge is 2.40. The Bertz CT molecular complexity index is 1790. The fourth-order valence-electron chi connectivity index (χ4n) is 7.02. The van der Waals surface area contributed by atoms with Crippen LogP contribution in [0.15, 0.2) is 78.9 Å². The molecule has 3 fully saturated rings. The maximum Gasteiger partial charge on any atom is 0.412 e. The summed E-state index contributed by atoms with van der Waals surface area (Å²) in [5.41, 5.74) is 16.3. The van der Waals surface area contributed by atoms with E-state index in [1.165, 1.54) is 0 Å². The lowest BCUT2D eigenvalue weighted by atomic mass is 9.96. The number of nitrogens with two attached hydrogens (primary N) is 2. The van der Waals surface area contributed by atoms with E-state index in [1.807, 2.05) is 78.9 Å². The van der Waals surface area contributed by atoms with Crippen molar-refractivity contribution in [2.45, 2.75) is 51.6 Å². The third-order valence-corrected chi connectivity index (χ3v) is 10.4. The molecule has 3 saturated heterocycles. The Morgan fingerprint density at radius 3 is 1.67 bits per heavy atom. The van der Waals surface area contributed by atoms with E-state index in [0.717, 1.165) is 27.8 Å². The highest BCUT2D eigenvalue weighted by atomic mass is 16.7. The molecule has 16 heteroatoms. The molecule has 3 aromatic rings. The molecule has 3 atom stereocenters. The minimum absolute atomic E-state index is 0.0303. The largest absolute Gasteiger partial charge is 0.449 e. The zero-order valence-corrected chi connectivity index (χ0v) is 32.3. The first-order chi connectivity index (χ1) is 27.8. The summed E-state index contributed by atoms with van der Waals surface area (Å²) >= 11 is 0. The SMILES string of the molecule is NCc1cccc(CNC(=O)N2CCN(C(=O)OC[C@H]3CCO[C@@H](OC(=O)N4CCN(C(=O)NCc5cccc(CN)c5)CC4)C3OCc3ccccc3)CC2)c1. The van der Waals surface area contributed by atoms with Gasteiger partial charge in [0.1, 0.15) is 6.10 Å². The molecule has 0 aliphatic carbocycles. The van der Waals surface area contributed by atoms with Gasteiger partial charge >= 0.3 is 24.2 Å². The van der Waals surface area contributed by atoms with Gasteiger partial charge < -0.3 is 60.6 Å². The molecule has 57 heavy (non-hydrogen) atoms. The first-order valence-electron chi connectivity index (χ1n) is 19.6. The van der Waals surface area contributed by atoms with Crippen LogP contribution in [0.5, 0.6) is 0 Å². The number of hydrogen-bond donors (Lipinski definition) is 4. The predicted molar refractivity (Wildman–Crippen MR) is 210 cm³/mol. The summed E-state index contributed by atoms with van der Waals surface area (Å²) in [6.45, 7) is 4.79. The van der Waals surface area contributed by atoms with Crippen LogP contribution < -0.4 is 22.1 Å². The minimum Gasteiger partial charge on any atom is -0.449 e. The van der Waals surface area contributed by atoms with Gasteiger partial charge in [-0.3, -0.25) is 0 Å². The average molecular weight is 787 g/mol. The molecule has 0 radical (unpaired) electrons. The molecule has 1 unspecified atom stereocenters. The van der Waals surface area contributed by atoms with E-state index in [4.69, 9.17) is 30.4 Å². The second-order valence-electron chi connectivity index (χ2n) is 14.3. The number of nitrogens with zero attached hydrogens (tertiary/aromatic N) is 4. The molecular weight excluding hydrogens is 732 g/mol. The lowest BCUT2D eigenvalue weighted by Gasteiger charge is -2.39. The topological polar surface area (TPSA) is 194 Å². The van der Waals surface area contributed by atoms with Gasteiger partial charge in [-0.1, -0.05) is 78.9 Å². The maximum absolute atomic E-state index is 13.4. The second kappa shape index (κ2) is 20.7. The fraction of sp³-hybridized carbons (Fsp3) is 0.463. The van der Waals surface area contributed by atoms with E-state index < -0.39 is 24.6 Å². The zero-order chi connectivity index (χ0) is 40.0. The van der Waals surface area contributed by atoms with Crippen LogP contribution in [0.1, 0.15) is 34.2 Å². The molecular formula is C41H54N8O8. The number of rotatable bonds is 12. The summed E-state index contributed by atoms with van der Waals surface area (Å²) in [5.74, 6) is -0.319. The summed E-state index contributed by atoms with van der Waals surface area (Å²) in [7, 11) is 0. The zero-order valence-electron chi connectivity index (χ0n) is 32.3. The quantitative estimate of drug-likeness (QED) is 0.212. The van der Waals surface area contributed by atoms with Gasteiger partial charge in [0, 0.05) is 84.5 Å². The number of carbonyl (C=O) groups excluding carboxylic acids is 4. The summed E-state index contributed by atoms with van der Waals surface area (Å²) in [5, 5.41) is 5.89. The molecule has 6 N–H and O–H groups in total. The molecule has 3 aromatic carbocycles. The molecule has 3 heterocycles. The van der Waals surface area contributed by atoms with Gasteiger partial charge in [0.25, 0.3) is 0 Å².